The molecule has 1 rings (SSSR count). The van der Waals surface area contributed by atoms with Gasteiger partial charge in [-0.1, -0.05) is 18.2 Å². The van der Waals surface area contributed by atoms with Gasteiger partial charge >= 0.3 is 5.97 Å². The van der Waals surface area contributed by atoms with Crippen LogP contribution in [0.3, 0.4) is 0 Å². The van der Waals surface area contributed by atoms with Crippen molar-refractivity contribution >= 4 is 5.97 Å². The van der Waals surface area contributed by atoms with Crippen LogP contribution >= 0.6 is 0 Å². The topological polar surface area (TPSA) is 53.3 Å². The van der Waals surface area contributed by atoms with Gasteiger partial charge in [0.15, 0.2) is 0 Å². The Kier molecular flexibility index (Phi) is 6.34. The number of hydrogen-bond donors (Lipinski definition) is 0. The fourth-order valence-corrected chi connectivity index (χ4v) is 1.70. The van der Waals surface area contributed by atoms with Crippen LogP contribution in [0.1, 0.15) is 18.1 Å². The van der Waals surface area contributed by atoms with E-state index >= 15 is 0 Å². The van der Waals surface area contributed by atoms with Crippen LogP contribution in [0.2, 0.25) is 0 Å². The molecule has 0 saturated carbocycles. The molecule has 0 aliphatic carbocycles. The number of ether oxygens (including phenoxy) is 1. The van der Waals surface area contributed by atoms with Crippen molar-refractivity contribution in [3.05, 3.63) is 48.0 Å². The Labute approximate surface area is 113 Å². The average molecular weight is 258 g/mol. The van der Waals surface area contributed by atoms with E-state index in [4.69, 9.17) is 10.00 Å². The Morgan fingerprint density at radius 2 is 2.16 bits per heavy atom. The molecule has 0 atom stereocenters. The summed E-state index contributed by atoms with van der Waals surface area (Å²) in [5.74, 6) is -0.238. The third-order valence-corrected chi connectivity index (χ3v) is 2.53. The van der Waals surface area contributed by atoms with Crippen molar-refractivity contribution in [2.45, 2.75) is 13.5 Å². The predicted molar refractivity (Wildman–Crippen MR) is 73.3 cm³/mol. The lowest BCUT2D eigenvalue weighted by atomic mass is 10.1. The van der Waals surface area contributed by atoms with E-state index in [9.17, 15) is 4.79 Å². The molecule has 0 aromatic heterocycles. The summed E-state index contributed by atoms with van der Waals surface area (Å²) < 4.78 is 4.93. The smallest absolute Gasteiger partial charge is 0.320 e. The molecule has 0 saturated heterocycles. The van der Waals surface area contributed by atoms with Crippen LogP contribution in [0.15, 0.2) is 36.9 Å². The average Bonchev–Trinajstić information content (AvgIpc) is 2.40. The molecule has 100 valence electrons. The number of hydrogen-bond acceptors (Lipinski definition) is 4. The van der Waals surface area contributed by atoms with Gasteiger partial charge in [0.1, 0.15) is 0 Å². The predicted octanol–water partition coefficient (Wildman–Crippen LogP) is 2.11. The minimum Gasteiger partial charge on any atom is -0.465 e. The van der Waals surface area contributed by atoms with E-state index in [1.54, 1.807) is 25.1 Å². The van der Waals surface area contributed by atoms with Crippen LogP contribution < -0.4 is 0 Å². The molecule has 19 heavy (non-hydrogen) atoms. The highest BCUT2D eigenvalue weighted by Crippen LogP contribution is 2.07. The van der Waals surface area contributed by atoms with Gasteiger partial charge in [0.25, 0.3) is 0 Å². The van der Waals surface area contributed by atoms with Gasteiger partial charge in [0, 0.05) is 13.1 Å². The van der Waals surface area contributed by atoms with Crippen molar-refractivity contribution in [2.24, 2.45) is 0 Å². The first-order valence-electron chi connectivity index (χ1n) is 6.17. The molecular weight excluding hydrogens is 240 g/mol. The number of rotatable bonds is 7. The lowest BCUT2D eigenvalue weighted by molar-refractivity contribution is -0.144. The lowest BCUT2D eigenvalue weighted by Crippen LogP contribution is -2.30. The number of esters is 1. The van der Waals surface area contributed by atoms with Gasteiger partial charge in [-0.3, -0.25) is 9.69 Å². The highest BCUT2D eigenvalue weighted by Gasteiger charge is 2.10. The number of nitrogens with zero attached hydrogens (tertiary/aromatic N) is 2. The standard InChI is InChI=1S/C15H18N2O2/c1-3-9-17(12-15(18)19-4-2)11-14-7-5-13(10-16)6-8-14/h3,5-8H,1,4,9,11-12H2,2H3. The molecule has 0 aliphatic rings. The summed E-state index contributed by atoms with van der Waals surface area (Å²) in [7, 11) is 0. The maximum absolute atomic E-state index is 11.5. The normalized spacial score (nSPS) is 9.95. The molecule has 0 bridgehead atoms. The molecule has 4 nitrogen and oxygen atoms in total. The maximum Gasteiger partial charge on any atom is 0.320 e. The first-order valence-corrected chi connectivity index (χ1v) is 6.17. The Morgan fingerprint density at radius 3 is 2.68 bits per heavy atom. The van der Waals surface area contributed by atoms with E-state index in [2.05, 4.69) is 12.6 Å². The molecule has 4 heteroatoms. The number of benzene rings is 1. The van der Waals surface area contributed by atoms with E-state index in [0.717, 1.165) is 5.56 Å². The molecule has 0 radical (unpaired) electrons. The second kappa shape index (κ2) is 8.06. The summed E-state index contributed by atoms with van der Waals surface area (Å²) >= 11 is 0. The van der Waals surface area contributed by atoms with Gasteiger partial charge in [0.2, 0.25) is 0 Å². The van der Waals surface area contributed by atoms with Crippen molar-refractivity contribution in [1.82, 2.24) is 4.90 Å². The highest BCUT2D eigenvalue weighted by molar-refractivity contribution is 5.71. The molecule has 0 spiro atoms. The van der Waals surface area contributed by atoms with Crippen LogP contribution in [-0.2, 0) is 16.1 Å². The Hall–Kier alpha value is -2.12. The molecule has 0 unspecified atom stereocenters. The molecule has 0 fully saturated rings. The molecule has 0 N–H and O–H groups in total. The van der Waals surface area contributed by atoms with E-state index in [1.807, 2.05) is 17.0 Å². The first kappa shape index (κ1) is 14.9. The van der Waals surface area contributed by atoms with Crippen LogP contribution in [-0.4, -0.2) is 30.6 Å². The summed E-state index contributed by atoms with van der Waals surface area (Å²) in [5.41, 5.74) is 1.68. The fraction of sp³-hybridized carbons (Fsp3) is 0.333. The number of carbonyl (C=O) groups excluding carboxylic acids is 1. The van der Waals surface area contributed by atoms with E-state index < -0.39 is 0 Å². The summed E-state index contributed by atoms with van der Waals surface area (Å²) in [6.07, 6.45) is 1.75. The van der Waals surface area contributed by atoms with Crippen LogP contribution in [0.5, 0.6) is 0 Å². The minimum absolute atomic E-state index is 0.236. The van der Waals surface area contributed by atoms with Gasteiger partial charge in [-0.25, -0.2) is 0 Å². The first-order chi connectivity index (χ1) is 9.19. The largest absolute Gasteiger partial charge is 0.465 e. The quantitative estimate of drug-likeness (QED) is 0.555. The van der Waals surface area contributed by atoms with Crippen molar-refractivity contribution in [3.8, 4) is 6.07 Å². The van der Waals surface area contributed by atoms with Crippen molar-refractivity contribution in [2.75, 3.05) is 19.7 Å². The van der Waals surface area contributed by atoms with Gasteiger partial charge in [-0.05, 0) is 24.6 Å². The molecule has 0 heterocycles. The lowest BCUT2D eigenvalue weighted by Gasteiger charge is -2.19. The molecule has 1 aromatic rings. The summed E-state index contributed by atoms with van der Waals surface area (Å²) in [5, 5.41) is 8.74. The number of carbonyl (C=O) groups is 1. The number of nitriles is 1. The molecule has 1 aromatic carbocycles. The highest BCUT2D eigenvalue weighted by atomic mass is 16.5. The Bertz CT molecular complexity index is 460. The fourth-order valence-electron chi connectivity index (χ4n) is 1.70. The van der Waals surface area contributed by atoms with E-state index in [0.29, 0.717) is 25.3 Å². The van der Waals surface area contributed by atoms with Crippen LogP contribution in [0.4, 0.5) is 0 Å². The summed E-state index contributed by atoms with van der Waals surface area (Å²) in [6, 6.07) is 9.39. The van der Waals surface area contributed by atoms with Crippen LogP contribution in [0, 0.1) is 11.3 Å². The minimum atomic E-state index is -0.238. The van der Waals surface area contributed by atoms with Crippen molar-refractivity contribution in [3.63, 3.8) is 0 Å². The van der Waals surface area contributed by atoms with E-state index in [-0.39, 0.29) is 12.5 Å². The molecule has 0 aliphatic heterocycles. The Morgan fingerprint density at radius 1 is 1.47 bits per heavy atom. The van der Waals surface area contributed by atoms with Crippen LogP contribution in [0.25, 0.3) is 0 Å². The third kappa shape index (κ3) is 5.36. The van der Waals surface area contributed by atoms with Crippen molar-refractivity contribution < 1.29 is 9.53 Å². The summed E-state index contributed by atoms with van der Waals surface area (Å²) in [6.45, 7) is 7.33. The zero-order valence-corrected chi connectivity index (χ0v) is 11.1. The van der Waals surface area contributed by atoms with Gasteiger partial charge in [-0.15, -0.1) is 6.58 Å². The summed E-state index contributed by atoms with van der Waals surface area (Å²) in [4.78, 5) is 13.4. The maximum atomic E-state index is 11.5. The monoisotopic (exact) mass is 258 g/mol. The zero-order valence-electron chi connectivity index (χ0n) is 11.1. The van der Waals surface area contributed by atoms with Gasteiger partial charge in [0.05, 0.1) is 24.8 Å². The zero-order chi connectivity index (χ0) is 14.1. The molecular formula is C15H18N2O2. The Balaban J connectivity index is 2.63. The second-order valence-corrected chi connectivity index (χ2v) is 4.07. The van der Waals surface area contributed by atoms with E-state index in [1.165, 1.54) is 0 Å². The van der Waals surface area contributed by atoms with Crippen molar-refractivity contribution in [1.29, 1.82) is 5.26 Å². The SMILES string of the molecule is C=CCN(CC(=O)OCC)Cc1ccc(C#N)cc1. The second-order valence-electron chi connectivity index (χ2n) is 4.07. The third-order valence-electron chi connectivity index (χ3n) is 2.53. The molecule has 0 amide bonds. The van der Waals surface area contributed by atoms with Gasteiger partial charge < -0.3 is 4.74 Å². The van der Waals surface area contributed by atoms with Gasteiger partial charge in [-0.2, -0.15) is 5.26 Å².